The topological polar surface area (TPSA) is 41.5 Å². The summed E-state index contributed by atoms with van der Waals surface area (Å²) in [5.41, 5.74) is 2.72. The number of aryl methyl sites for hydroxylation is 2. The van der Waals surface area contributed by atoms with Crippen molar-refractivity contribution in [1.29, 1.82) is 0 Å². The molecule has 2 rings (SSSR count). The van der Waals surface area contributed by atoms with Gasteiger partial charge in [-0.1, -0.05) is 17.7 Å². The second-order valence-corrected chi connectivity index (χ2v) is 4.53. The fourth-order valence-electron chi connectivity index (χ4n) is 2.11. The third-order valence-electron chi connectivity index (χ3n) is 2.92. The van der Waals surface area contributed by atoms with Crippen LogP contribution in [0, 0.1) is 13.8 Å². The van der Waals surface area contributed by atoms with E-state index >= 15 is 0 Å². The second-order valence-electron chi connectivity index (χ2n) is 4.15. The van der Waals surface area contributed by atoms with Crippen molar-refractivity contribution in [2.24, 2.45) is 0 Å². The summed E-state index contributed by atoms with van der Waals surface area (Å²) >= 11 is 6.05. The number of rotatable bonds is 1. The molecule has 1 aromatic carbocycles. The van der Waals surface area contributed by atoms with Crippen molar-refractivity contribution in [2.45, 2.75) is 20.0 Å². The van der Waals surface area contributed by atoms with Crippen LogP contribution in [0.3, 0.4) is 0 Å². The number of phenolic OH excluding ortho intramolecular Hbond substituents is 1. The minimum atomic E-state index is -0.105. The van der Waals surface area contributed by atoms with E-state index in [4.69, 9.17) is 16.3 Å². The number of aromatic hydroxyl groups is 1. The van der Waals surface area contributed by atoms with Gasteiger partial charge >= 0.3 is 0 Å². The molecule has 1 aliphatic rings. The first-order chi connectivity index (χ1) is 7.61. The van der Waals surface area contributed by atoms with E-state index in [2.05, 4.69) is 5.32 Å². The lowest BCUT2D eigenvalue weighted by molar-refractivity contribution is 0.0259. The van der Waals surface area contributed by atoms with Crippen LogP contribution >= 0.6 is 11.6 Å². The summed E-state index contributed by atoms with van der Waals surface area (Å²) in [4.78, 5) is 0. The van der Waals surface area contributed by atoms with Crippen molar-refractivity contribution in [3.63, 3.8) is 0 Å². The molecular formula is C12H16ClNO2. The lowest BCUT2D eigenvalue weighted by Gasteiger charge is -2.26. The highest BCUT2D eigenvalue weighted by molar-refractivity contribution is 6.32. The van der Waals surface area contributed by atoms with E-state index in [0.717, 1.165) is 23.2 Å². The molecule has 1 aromatic rings. The van der Waals surface area contributed by atoms with Gasteiger partial charge in [-0.2, -0.15) is 0 Å². The van der Waals surface area contributed by atoms with Crippen LogP contribution in [0.15, 0.2) is 6.07 Å². The zero-order valence-corrected chi connectivity index (χ0v) is 10.3. The second kappa shape index (κ2) is 4.62. The molecule has 1 heterocycles. The molecule has 0 saturated carbocycles. The molecule has 1 fully saturated rings. The van der Waals surface area contributed by atoms with E-state index in [1.165, 1.54) is 0 Å². The summed E-state index contributed by atoms with van der Waals surface area (Å²) in [5.74, 6) is 0.160. The number of ether oxygens (including phenoxy) is 1. The van der Waals surface area contributed by atoms with Crippen molar-refractivity contribution in [3.8, 4) is 5.75 Å². The third kappa shape index (κ3) is 2.03. The van der Waals surface area contributed by atoms with Gasteiger partial charge in [0.15, 0.2) is 0 Å². The third-order valence-corrected chi connectivity index (χ3v) is 3.39. The Bertz CT molecular complexity index is 400. The monoisotopic (exact) mass is 241 g/mol. The Balaban J connectivity index is 2.42. The van der Waals surface area contributed by atoms with Gasteiger partial charge in [0.25, 0.3) is 0 Å². The van der Waals surface area contributed by atoms with E-state index in [9.17, 15) is 5.11 Å². The molecule has 0 aromatic heterocycles. The Labute approximate surface area is 100 Å². The minimum Gasteiger partial charge on any atom is -0.506 e. The Hall–Kier alpha value is -0.770. The average molecular weight is 242 g/mol. The molecule has 3 nitrogen and oxygen atoms in total. The summed E-state index contributed by atoms with van der Waals surface area (Å²) in [6.45, 7) is 6.09. The molecule has 1 unspecified atom stereocenters. The number of phenols is 1. The van der Waals surface area contributed by atoms with Crippen LogP contribution in [-0.4, -0.2) is 24.8 Å². The number of morpholine rings is 1. The van der Waals surface area contributed by atoms with Gasteiger partial charge < -0.3 is 15.2 Å². The predicted molar refractivity (Wildman–Crippen MR) is 64.2 cm³/mol. The number of halogens is 1. The first-order valence-electron chi connectivity index (χ1n) is 5.42. The molecule has 1 saturated heterocycles. The normalized spacial score (nSPS) is 21.1. The van der Waals surface area contributed by atoms with Crippen LogP contribution in [0.25, 0.3) is 0 Å². The van der Waals surface area contributed by atoms with E-state index in [1.807, 2.05) is 19.9 Å². The molecule has 1 aliphatic heterocycles. The van der Waals surface area contributed by atoms with Gasteiger partial charge in [0, 0.05) is 18.7 Å². The summed E-state index contributed by atoms with van der Waals surface area (Å²) in [6, 6.07) is 1.98. The zero-order chi connectivity index (χ0) is 11.7. The van der Waals surface area contributed by atoms with Crippen LogP contribution < -0.4 is 5.32 Å². The smallest absolute Gasteiger partial charge is 0.140 e. The fraction of sp³-hybridized carbons (Fsp3) is 0.500. The lowest BCUT2D eigenvalue weighted by atomic mass is 9.99. The van der Waals surface area contributed by atoms with Crippen molar-refractivity contribution < 1.29 is 9.84 Å². The van der Waals surface area contributed by atoms with E-state index in [0.29, 0.717) is 18.2 Å². The molecule has 88 valence electrons. The Morgan fingerprint density at radius 1 is 1.44 bits per heavy atom. The minimum absolute atomic E-state index is 0.105. The Morgan fingerprint density at radius 2 is 2.19 bits per heavy atom. The summed E-state index contributed by atoms with van der Waals surface area (Å²) in [5, 5.41) is 13.7. The van der Waals surface area contributed by atoms with Gasteiger partial charge in [-0.25, -0.2) is 0 Å². The van der Waals surface area contributed by atoms with Crippen LogP contribution in [0.1, 0.15) is 22.8 Å². The zero-order valence-electron chi connectivity index (χ0n) is 9.51. The van der Waals surface area contributed by atoms with Gasteiger partial charge in [-0.15, -0.1) is 0 Å². The predicted octanol–water partition coefficient (Wildman–Crippen LogP) is 2.32. The van der Waals surface area contributed by atoms with Crippen LogP contribution in [0.5, 0.6) is 5.75 Å². The fourth-order valence-corrected chi connectivity index (χ4v) is 2.27. The van der Waals surface area contributed by atoms with Crippen molar-refractivity contribution >= 4 is 11.6 Å². The van der Waals surface area contributed by atoms with Crippen LogP contribution in [-0.2, 0) is 4.74 Å². The molecule has 16 heavy (non-hydrogen) atoms. The lowest BCUT2D eigenvalue weighted by Crippen LogP contribution is -2.33. The summed E-state index contributed by atoms with van der Waals surface area (Å²) in [6.07, 6.45) is -0.105. The first-order valence-corrected chi connectivity index (χ1v) is 5.80. The summed E-state index contributed by atoms with van der Waals surface area (Å²) < 4.78 is 5.64. The average Bonchev–Trinajstić information content (AvgIpc) is 2.28. The molecule has 4 heteroatoms. The van der Waals surface area contributed by atoms with Crippen molar-refractivity contribution in [1.82, 2.24) is 5.32 Å². The molecule has 2 N–H and O–H groups in total. The number of nitrogens with one attached hydrogen (secondary N) is 1. The first kappa shape index (κ1) is 11.7. The van der Waals surface area contributed by atoms with Gasteiger partial charge in [0.05, 0.1) is 17.7 Å². The molecular weight excluding hydrogens is 226 g/mol. The van der Waals surface area contributed by atoms with E-state index in [1.54, 1.807) is 0 Å². The summed E-state index contributed by atoms with van der Waals surface area (Å²) in [7, 11) is 0. The number of benzene rings is 1. The van der Waals surface area contributed by atoms with Crippen LogP contribution in [0.2, 0.25) is 5.02 Å². The number of hydrogen-bond donors (Lipinski definition) is 2. The SMILES string of the molecule is Cc1cc(C)c(C2CNCCO2)c(O)c1Cl. The Kier molecular flexibility index (Phi) is 3.38. The molecule has 0 aliphatic carbocycles. The molecule has 1 atom stereocenters. The molecule has 0 amide bonds. The maximum atomic E-state index is 10.1. The van der Waals surface area contributed by atoms with E-state index in [-0.39, 0.29) is 11.9 Å². The van der Waals surface area contributed by atoms with Gasteiger partial charge in [-0.3, -0.25) is 0 Å². The maximum Gasteiger partial charge on any atom is 0.140 e. The molecule has 0 radical (unpaired) electrons. The molecule has 0 bridgehead atoms. The maximum absolute atomic E-state index is 10.1. The van der Waals surface area contributed by atoms with Gasteiger partial charge in [-0.05, 0) is 25.0 Å². The highest BCUT2D eigenvalue weighted by atomic mass is 35.5. The number of hydrogen-bond acceptors (Lipinski definition) is 3. The van der Waals surface area contributed by atoms with Crippen molar-refractivity contribution in [2.75, 3.05) is 19.7 Å². The highest BCUT2D eigenvalue weighted by Crippen LogP contribution is 2.38. The van der Waals surface area contributed by atoms with Crippen LogP contribution in [0.4, 0.5) is 0 Å². The van der Waals surface area contributed by atoms with Gasteiger partial charge in [0.1, 0.15) is 5.75 Å². The highest BCUT2D eigenvalue weighted by Gasteiger charge is 2.23. The van der Waals surface area contributed by atoms with E-state index < -0.39 is 0 Å². The Morgan fingerprint density at radius 3 is 2.81 bits per heavy atom. The van der Waals surface area contributed by atoms with Crippen molar-refractivity contribution in [3.05, 3.63) is 27.8 Å². The van der Waals surface area contributed by atoms with Gasteiger partial charge in [0.2, 0.25) is 0 Å². The largest absolute Gasteiger partial charge is 0.506 e. The standard InChI is InChI=1S/C12H16ClNO2/c1-7-5-8(2)11(13)12(15)10(7)9-6-14-3-4-16-9/h5,9,14-15H,3-4,6H2,1-2H3. The quantitative estimate of drug-likeness (QED) is 0.793. The molecule has 0 spiro atoms.